The summed E-state index contributed by atoms with van der Waals surface area (Å²) in [6, 6.07) is 7.44. The number of carbonyl (C=O) groups is 2. The Balaban J connectivity index is 2.05. The van der Waals surface area contributed by atoms with Crippen molar-refractivity contribution in [1.82, 2.24) is 9.78 Å². The normalized spacial score (nSPS) is 10.3. The fraction of sp³-hybridized carbons (Fsp3) is 0.214. The summed E-state index contributed by atoms with van der Waals surface area (Å²) in [6.45, 7) is 3.51. The number of hydrogen-bond donors (Lipinski definition) is 2. The number of benzene rings is 1. The molecule has 1 heterocycles. The highest BCUT2D eigenvalue weighted by Gasteiger charge is 2.13. The number of carboxylic acid groups (broad SMARTS) is 1. The number of aromatic carboxylic acids is 1. The number of hydrogen-bond acceptors (Lipinski definition) is 3. The Morgan fingerprint density at radius 2 is 2.10 bits per heavy atom. The van der Waals surface area contributed by atoms with E-state index in [0.29, 0.717) is 11.4 Å². The fourth-order valence-corrected chi connectivity index (χ4v) is 1.88. The van der Waals surface area contributed by atoms with Crippen molar-refractivity contribution < 1.29 is 14.7 Å². The van der Waals surface area contributed by atoms with Crippen LogP contribution in [-0.4, -0.2) is 26.8 Å². The number of rotatable bonds is 4. The molecule has 2 aromatic rings. The minimum Gasteiger partial charge on any atom is -0.478 e. The molecule has 6 nitrogen and oxygen atoms in total. The molecule has 0 aliphatic heterocycles. The number of aromatic nitrogens is 2. The number of carbonyl (C=O) groups excluding carboxylic acids is 1. The summed E-state index contributed by atoms with van der Waals surface area (Å²) in [5.74, 6) is -1.30. The minimum absolute atomic E-state index is 0.0257. The Labute approximate surface area is 116 Å². The molecule has 0 atom stereocenters. The van der Waals surface area contributed by atoms with Gasteiger partial charge in [-0.15, -0.1) is 0 Å². The molecule has 1 amide bonds. The van der Waals surface area contributed by atoms with E-state index < -0.39 is 5.97 Å². The number of nitrogens with one attached hydrogen (secondary N) is 1. The van der Waals surface area contributed by atoms with Gasteiger partial charge in [0.15, 0.2) is 0 Å². The van der Waals surface area contributed by atoms with E-state index in [2.05, 4.69) is 10.4 Å². The van der Waals surface area contributed by atoms with Gasteiger partial charge in [0, 0.05) is 11.9 Å². The molecule has 104 valence electrons. The number of nitrogens with zero attached hydrogens (tertiary/aromatic N) is 2. The van der Waals surface area contributed by atoms with E-state index in [1.807, 2.05) is 25.1 Å². The van der Waals surface area contributed by atoms with Gasteiger partial charge in [-0.05, 0) is 31.5 Å². The third-order valence-corrected chi connectivity index (χ3v) is 2.78. The largest absolute Gasteiger partial charge is 0.478 e. The van der Waals surface area contributed by atoms with E-state index >= 15 is 0 Å². The standard InChI is InChI=1S/C14H15N3O3/c1-9-4-3-5-11(6-9)15-13(18)8-17-7-12(14(19)20)10(2)16-17/h3-7H,8H2,1-2H3,(H,15,18)(H,19,20). The van der Waals surface area contributed by atoms with E-state index in [-0.39, 0.29) is 18.0 Å². The second-order valence-electron chi connectivity index (χ2n) is 4.55. The van der Waals surface area contributed by atoms with E-state index in [4.69, 9.17) is 5.11 Å². The summed E-state index contributed by atoms with van der Waals surface area (Å²) in [5, 5.41) is 15.7. The Hall–Kier alpha value is -2.63. The molecular formula is C14H15N3O3. The number of carboxylic acids is 1. The molecule has 6 heteroatoms. The van der Waals surface area contributed by atoms with Gasteiger partial charge >= 0.3 is 5.97 Å². The molecule has 0 radical (unpaired) electrons. The molecular weight excluding hydrogens is 258 g/mol. The van der Waals surface area contributed by atoms with Crippen molar-refractivity contribution in [3.63, 3.8) is 0 Å². The lowest BCUT2D eigenvalue weighted by Crippen LogP contribution is -2.19. The highest BCUT2D eigenvalue weighted by molar-refractivity contribution is 5.91. The lowest BCUT2D eigenvalue weighted by molar-refractivity contribution is -0.116. The van der Waals surface area contributed by atoms with Crippen LogP contribution in [0.1, 0.15) is 21.6 Å². The van der Waals surface area contributed by atoms with Gasteiger partial charge in [-0.1, -0.05) is 12.1 Å². The predicted octanol–water partition coefficient (Wildman–Crippen LogP) is 1.84. The second-order valence-corrected chi connectivity index (χ2v) is 4.55. The third-order valence-electron chi connectivity index (χ3n) is 2.78. The quantitative estimate of drug-likeness (QED) is 0.890. The van der Waals surface area contributed by atoms with E-state index in [9.17, 15) is 9.59 Å². The maximum atomic E-state index is 11.9. The van der Waals surface area contributed by atoms with E-state index in [1.54, 1.807) is 13.0 Å². The maximum absolute atomic E-state index is 11.9. The van der Waals surface area contributed by atoms with Crippen LogP contribution in [-0.2, 0) is 11.3 Å². The van der Waals surface area contributed by atoms with Crippen LogP contribution < -0.4 is 5.32 Å². The number of aryl methyl sites for hydroxylation is 2. The third kappa shape index (κ3) is 3.23. The smallest absolute Gasteiger partial charge is 0.339 e. The minimum atomic E-state index is -1.05. The SMILES string of the molecule is Cc1cccc(NC(=O)Cn2cc(C(=O)O)c(C)n2)c1. The maximum Gasteiger partial charge on any atom is 0.339 e. The zero-order chi connectivity index (χ0) is 14.7. The van der Waals surface area contributed by atoms with E-state index in [1.165, 1.54) is 10.9 Å². The van der Waals surface area contributed by atoms with Gasteiger partial charge in [0.1, 0.15) is 12.1 Å². The Morgan fingerprint density at radius 3 is 2.70 bits per heavy atom. The van der Waals surface area contributed by atoms with Gasteiger partial charge in [0.05, 0.1) is 5.69 Å². The predicted molar refractivity (Wildman–Crippen MR) is 73.7 cm³/mol. The molecule has 0 fully saturated rings. The number of anilines is 1. The molecule has 0 bridgehead atoms. The average molecular weight is 273 g/mol. The van der Waals surface area contributed by atoms with Crippen LogP contribution in [0, 0.1) is 13.8 Å². The van der Waals surface area contributed by atoms with Crippen LogP contribution in [0.5, 0.6) is 0 Å². The Morgan fingerprint density at radius 1 is 1.35 bits per heavy atom. The molecule has 0 spiro atoms. The van der Waals surface area contributed by atoms with Crippen LogP contribution in [0.2, 0.25) is 0 Å². The highest BCUT2D eigenvalue weighted by Crippen LogP contribution is 2.10. The molecule has 0 unspecified atom stereocenters. The van der Waals surface area contributed by atoms with Crippen LogP contribution >= 0.6 is 0 Å². The molecule has 2 rings (SSSR count). The average Bonchev–Trinajstić information content (AvgIpc) is 2.70. The highest BCUT2D eigenvalue weighted by atomic mass is 16.4. The van der Waals surface area contributed by atoms with Gasteiger partial charge in [0.2, 0.25) is 5.91 Å². The lowest BCUT2D eigenvalue weighted by atomic mass is 10.2. The summed E-state index contributed by atoms with van der Waals surface area (Å²) in [6.07, 6.45) is 1.35. The van der Waals surface area contributed by atoms with Crippen LogP contribution in [0.4, 0.5) is 5.69 Å². The molecule has 1 aromatic carbocycles. The molecule has 20 heavy (non-hydrogen) atoms. The zero-order valence-electron chi connectivity index (χ0n) is 11.3. The van der Waals surface area contributed by atoms with E-state index in [0.717, 1.165) is 5.56 Å². The van der Waals surface area contributed by atoms with Crippen molar-refractivity contribution in [3.8, 4) is 0 Å². The van der Waals surface area contributed by atoms with Crippen LogP contribution in [0.15, 0.2) is 30.5 Å². The summed E-state index contributed by atoms with van der Waals surface area (Å²) < 4.78 is 1.32. The Bertz CT molecular complexity index is 661. The summed E-state index contributed by atoms with van der Waals surface area (Å²) in [4.78, 5) is 22.8. The molecule has 0 saturated carbocycles. The monoisotopic (exact) mass is 273 g/mol. The lowest BCUT2D eigenvalue weighted by Gasteiger charge is -2.05. The van der Waals surface area contributed by atoms with Gasteiger partial charge < -0.3 is 10.4 Å². The summed E-state index contributed by atoms with van der Waals surface area (Å²) in [5.41, 5.74) is 2.25. The molecule has 0 aliphatic carbocycles. The molecule has 0 saturated heterocycles. The summed E-state index contributed by atoms with van der Waals surface area (Å²) in [7, 11) is 0. The first-order chi connectivity index (χ1) is 9.45. The topological polar surface area (TPSA) is 84.2 Å². The van der Waals surface area contributed by atoms with Crippen LogP contribution in [0.3, 0.4) is 0 Å². The van der Waals surface area contributed by atoms with Crippen molar-refractivity contribution in [2.24, 2.45) is 0 Å². The van der Waals surface area contributed by atoms with Crippen molar-refractivity contribution in [3.05, 3.63) is 47.3 Å². The van der Waals surface area contributed by atoms with Gasteiger partial charge in [-0.3, -0.25) is 9.48 Å². The molecule has 0 aliphatic rings. The molecule has 2 N–H and O–H groups in total. The first-order valence-corrected chi connectivity index (χ1v) is 6.09. The van der Waals surface area contributed by atoms with Crippen LogP contribution in [0.25, 0.3) is 0 Å². The Kier molecular flexibility index (Phi) is 3.84. The first-order valence-electron chi connectivity index (χ1n) is 6.09. The molecule has 1 aromatic heterocycles. The fourth-order valence-electron chi connectivity index (χ4n) is 1.88. The van der Waals surface area contributed by atoms with Gasteiger partial charge in [-0.2, -0.15) is 5.10 Å². The van der Waals surface area contributed by atoms with Crippen molar-refractivity contribution >= 4 is 17.6 Å². The summed E-state index contributed by atoms with van der Waals surface area (Å²) >= 11 is 0. The van der Waals surface area contributed by atoms with Crippen molar-refractivity contribution in [1.29, 1.82) is 0 Å². The first kappa shape index (κ1) is 13.8. The second kappa shape index (κ2) is 5.56. The van der Waals surface area contributed by atoms with Gasteiger partial charge in [0.25, 0.3) is 0 Å². The zero-order valence-corrected chi connectivity index (χ0v) is 11.3. The van der Waals surface area contributed by atoms with Crippen molar-refractivity contribution in [2.75, 3.05) is 5.32 Å². The number of amides is 1. The van der Waals surface area contributed by atoms with Gasteiger partial charge in [-0.25, -0.2) is 4.79 Å². The van der Waals surface area contributed by atoms with Crippen molar-refractivity contribution in [2.45, 2.75) is 20.4 Å².